The fourth-order valence-corrected chi connectivity index (χ4v) is 2.76. The summed E-state index contributed by atoms with van der Waals surface area (Å²) >= 11 is 0. The second-order valence-corrected chi connectivity index (χ2v) is 6.89. The van der Waals surface area contributed by atoms with Gasteiger partial charge in [0.1, 0.15) is 12.4 Å². The first-order chi connectivity index (χ1) is 9.07. The molecule has 0 spiro atoms. The Morgan fingerprint density at radius 1 is 1.37 bits per heavy atom. The van der Waals surface area contributed by atoms with Crippen molar-refractivity contribution in [3.63, 3.8) is 0 Å². The van der Waals surface area contributed by atoms with Crippen LogP contribution in [0.25, 0.3) is 0 Å². The molecule has 0 saturated heterocycles. The minimum Gasteiger partial charge on any atom is -0.492 e. The molecule has 1 aromatic rings. The van der Waals surface area contributed by atoms with Gasteiger partial charge in [-0.05, 0) is 18.9 Å². The first-order valence-corrected chi connectivity index (χ1v) is 8.06. The Balaban J connectivity index is 2.09. The molecule has 19 heavy (non-hydrogen) atoms. The zero-order chi connectivity index (χ0) is 13.9. The molecule has 0 amide bonds. The Hall–Kier alpha value is -1.56. The molecule has 1 aromatic carbocycles. The molecule has 6 heteroatoms. The van der Waals surface area contributed by atoms with Crippen LogP contribution >= 0.6 is 0 Å². The number of nitrogens with zero attached hydrogens (tertiary/aromatic N) is 1. The Bertz CT molecular complexity index is 593. The van der Waals surface area contributed by atoms with E-state index in [1.165, 1.54) is 0 Å². The van der Waals surface area contributed by atoms with Gasteiger partial charge in [-0.1, -0.05) is 24.2 Å². The van der Waals surface area contributed by atoms with Gasteiger partial charge in [0.15, 0.2) is 9.84 Å². The maximum atomic E-state index is 11.4. The summed E-state index contributed by atoms with van der Waals surface area (Å²) in [7, 11) is -3.01. The fraction of sp³-hybridized carbons (Fsp3) is 0.462. The summed E-state index contributed by atoms with van der Waals surface area (Å²) in [6.45, 7) is 1.78. The molecule has 2 rings (SSSR count). The van der Waals surface area contributed by atoms with Crippen LogP contribution in [0.2, 0.25) is 0 Å². The Morgan fingerprint density at radius 3 is 2.84 bits per heavy atom. The SMILES string of the molecule is CCS(=O)(=O)CCOc1cccc2c1CCC2=NO. The standard InChI is InChI=1S/C13H17NO4S/c1-2-19(16,17)9-8-18-13-5-3-4-10-11(13)6-7-12(10)14-15/h3-5,15H,2,6-9H2,1H3. The van der Waals surface area contributed by atoms with E-state index < -0.39 is 9.84 Å². The van der Waals surface area contributed by atoms with E-state index in [2.05, 4.69) is 5.16 Å². The van der Waals surface area contributed by atoms with Crippen LogP contribution in [0, 0.1) is 0 Å². The normalized spacial score (nSPS) is 16.6. The third kappa shape index (κ3) is 3.07. The number of hydrogen-bond acceptors (Lipinski definition) is 5. The molecule has 0 aliphatic heterocycles. The first-order valence-electron chi connectivity index (χ1n) is 6.24. The molecule has 1 N–H and O–H groups in total. The molecule has 0 saturated carbocycles. The number of ether oxygens (including phenoxy) is 1. The highest BCUT2D eigenvalue weighted by Crippen LogP contribution is 2.30. The number of fused-ring (bicyclic) bond motifs is 1. The van der Waals surface area contributed by atoms with Gasteiger partial charge in [0.25, 0.3) is 0 Å². The van der Waals surface area contributed by atoms with Crippen LogP contribution in [0.4, 0.5) is 0 Å². The summed E-state index contributed by atoms with van der Waals surface area (Å²) in [5, 5.41) is 12.2. The summed E-state index contributed by atoms with van der Waals surface area (Å²) in [5.74, 6) is 0.834. The van der Waals surface area contributed by atoms with Crippen LogP contribution in [-0.4, -0.2) is 37.4 Å². The van der Waals surface area contributed by atoms with Crippen LogP contribution in [0.15, 0.2) is 23.4 Å². The van der Waals surface area contributed by atoms with E-state index in [4.69, 9.17) is 9.94 Å². The van der Waals surface area contributed by atoms with Gasteiger partial charge in [-0.25, -0.2) is 8.42 Å². The lowest BCUT2D eigenvalue weighted by Gasteiger charge is -2.10. The van der Waals surface area contributed by atoms with Gasteiger partial charge in [0, 0.05) is 16.9 Å². The van der Waals surface area contributed by atoms with Crippen LogP contribution in [0.5, 0.6) is 5.75 Å². The molecule has 1 aliphatic rings. The highest BCUT2D eigenvalue weighted by atomic mass is 32.2. The number of hydrogen-bond donors (Lipinski definition) is 1. The van der Waals surface area contributed by atoms with Crippen LogP contribution < -0.4 is 4.74 Å². The lowest BCUT2D eigenvalue weighted by molar-refractivity contribution is 0.318. The smallest absolute Gasteiger partial charge is 0.153 e. The van der Waals surface area contributed by atoms with Crippen molar-refractivity contribution < 1.29 is 18.4 Å². The molecule has 0 heterocycles. The van der Waals surface area contributed by atoms with Crippen molar-refractivity contribution >= 4 is 15.5 Å². The Morgan fingerprint density at radius 2 is 2.16 bits per heavy atom. The molecular weight excluding hydrogens is 266 g/mol. The fourth-order valence-electron chi connectivity index (χ4n) is 2.13. The third-order valence-corrected chi connectivity index (χ3v) is 4.94. The zero-order valence-electron chi connectivity index (χ0n) is 10.8. The average molecular weight is 283 g/mol. The van der Waals surface area contributed by atoms with Crippen LogP contribution in [0.3, 0.4) is 0 Å². The molecule has 0 fully saturated rings. The van der Waals surface area contributed by atoms with Crippen LogP contribution in [-0.2, 0) is 16.3 Å². The van der Waals surface area contributed by atoms with Gasteiger partial charge in [0.05, 0.1) is 11.5 Å². The van der Waals surface area contributed by atoms with Gasteiger partial charge < -0.3 is 9.94 Å². The number of rotatable bonds is 5. The minimum atomic E-state index is -3.01. The van der Waals surface area contributed by atoms with Crippen molar-refractivity contribution in [2.75, 3.05) is 18.1 Å². The molecule has 0 unspecified atom stereocenters. The number of benzene rings is 1. The summed E-state index contributed by atoms with van der Waals surface area (Å²) in [5.41, 5.74) is 2.53. The maximum Gasteiger partial charge on any atom is 0.153 e. The second-order valence-electron chi connectivity index (χ2n) is 4.41. The van der Waals surface area contributed by atoms with Gasteiger partial charge in [-0.2, -0.15) is 0 Å². The topological polar surface area (TPSA) is 76.0 Å². The monoisotopic (exact) mass is 283 g/mol. The van der Waals surface area contributed by atoms with E-state index in [0.717, 1.165) is 17.5 Å². The van der Waals surface area contributed by atoms with E-state index in [-0.39, 0.29) is 18.1 Å². The van der Waals surface area contributed by atoms with E-state index >= 15 is 0 Å². The van der Waals surface area contributed by atoms with Crippen molar-refractivity contribution in [3.05, 3.63) is 29.3 Å². The number of oxime groups is 1. The predicted molar refractivity (Wildman–Crippen MR) is 72.9 cm³/mol. The molecule has 104 valence electrons. The third-order valence-electron chi connectivity index (χ3n) is 3.27. The second kappa shape index (κ2) is 5.61. The molecule has 0 aromatic heterocycles. The van der Waals surface area contributed by atoms with Gasteiger partial charge >= 0.3 is 0 Å². The van der Waals surface area contributed by atoms with Crippen LogP contribution in [0.1, 0.15) is 24.5 Å². The Labute approximate surface area is 112 Å². The molecule has 5 nitrogen and oxygen atoms in total. The molecule has 1 aliphatic carbocycles. The molecule has 0 bridgehead atoms. The minimum absolute atomic E-state index is 0.0219. The van der Waals surface area contributed by atoms with Crippen molar-refractivity contribution in [2.45, 2.75) is 19.8 Å². The lowest BCUT2D eigenvalue weighted by Crippen LogP contribution is -2.16. The van der Waals surface area contributed by atoms with Crippen molar-refractivity contribution in [2.24, 2.45) is 5.16 Å². The van der Waals surface area contributed by atoms with E-state index in [1.807, 2.05) is 18.2 Å². The highest BCUT2D eigenvalue weighted by Gasteiger charge is 2.21. The predicted octanol–water partition coefficient (Wildman–Crippen LogP) is 1.62. The van der Waals surface area contributed by atoms with E-state index in [9.17, 15) is 8.42 Å². The largest absolute Gasteiger partial charge is 0.492 e. The first kappa shape index (κ1) is 13.9. The highest BCUT2D eigenvalue weighted by molar-refractivity contribution is 7.91. The molecular formula is C13H17NO4S. The lowest BCUT2D eigenvalue weighted by atomic mass is 10.1. The average Bonchev–Trinajstić information content (AvgIpc) is 2.82. The van der Waals surface area contributed by atoms with Gasteiger partial charge in [-0.3, -0.25) is 0 Å². The quantitative estimate of drug-likeness (QED) is 0.658. The van der Waals surface area contributed by atoms with Gasteiger partial charge in [0.2, 0.25) is 0 Å². The summed E-state index contributed by atoms with van der Waals surface area (Å²) in [4.78, 5) is 0. The van der Waals surface area contributed by atoms with Crippen molar-refractivity contribution in [1.82, 2.24) is 0 Å². The summed E-state index contributed by atoms with van der Waals surface area (Å²) < 4.78 is 28.3. The van der Waals surface area contributed by atoms with Crippen molar-refractivity contribution in [3.8, 4) is 5.75 Å². The molecule has 0 radical (unpaired) electrons. The maximum absolute atomic E-state index is 11.4. The summed E-state index contributed by atoms with van der Waals surface area (Å²) in [6.07, 6.45) is 1.44. The van der Waals surface area contributed by atoms with Crippen molar-refractivity contribution in [1.29, 1.82) is 0 Å². The Kier molecular flexibility index (Phi) is 4.09. The summed E-state index contributed by atoms with van der Waals surface area (Å²) in [6, 6.07) is 5.52. The van der Waals surface area contributed by atoms with Gasteiger partial charge in [-0.15, -0.1) is 0 Å². The molecule has 0 atom stereocenters. The zero-order valence-corrected chi connectivity index (χ0v) is 11.6. The van der Waals surface area contributed by atoms with E-state index in [0.29, 0.717) is 17.9 Å². The van der Waals surface area contributed by atoms with E-state index in [1.54, 1.807) is 6.92 Å². The number of sulfone groups is 1.